The van der Waals surface area contributed by atoms with Gasteiger partial charge < -0.3 is 10.1 Å². The van der Waals surface area contributed by atoms with Crippen LogP contribution in [0.15, 0.2) is 66.0 Å². The number of nitro benzene ring substituents is 1. The first kappa shape index (κ1) is 18.6. The van der Waals surface area contributed by atoms with Crippen LogP contribution in [0.3, 0.4) is 0 Å². The number of amides is 1. The minimum absolute atomic E-state index is 0.0857. The highest BCUT2D eigenvalue weighted by Crippen LogP contribution is 2.28. The number of rotatable bonds is 7. The van der Waals surface area contributed by atoms with Crippen LogP contribution in [0.1, 0.15) is 22.0 Å². The van der Waals surface area contributed by atoms with Crippen LogP contribution in [0.25, 0.3) is 0 Å². The Morgan fingerprint density at radius 1 is 1.19 bits per heavy atom. The van der Waals surface area contributed by atoms with Crippen LogP contribution in [-0.2, 0) is 4.79 Å². The maximum atomic E-state index is 12.5. The highest BCUT2D eigenvalue weighted by molar-refractivity contribution is 7.10. The van der Waals surface area contributed by atoms with Crippen LogP contribution in [0.2, 0.25) is 0 Å². The number of carbonyl (C=O) groups excluding carboxylic acids is 1. The zero-order valence-corrected chi connectivity index (χ0v) is 15.4. The van der Waals surface area contributed by atoms with E-state index in [-0.39, 0.29) is 30.0 Å². The molecule has 6 nitrogen and oxygen atoms in total. The van der Waals surface area contributed by atoms with E-state index in [0.29, 0.717) is 0 Å². The number of ether oxygens (including phenoxy) is 1. The van der Waals surface area contributed by atoms with Gasteiger partial charge in [-0.3, -0.25) is 14.9 Å². The third-order valence-corrected chi connectivity index (χ3v) is 4.87. The van der Waals surface area contributed by atoms with E-state index in [1.54, 1.807) is 30.4 Å². The standard InChI is InChI=1S/C20H18N2O4S/c1-14-9-10-16(22(24)25)17(12-14)26-13-19(23)21-20(18-8-5-11-27-18)15-6-3-2-4-7-15/h2-12,20H,13H2,1H3,(H,21,23). The molecule has 3 aromatic rings. The van der Waals surface area contributed by atoms with Gasteiger partial charge in [-0.2, -0.15) is 0 Å². The summed E-state index contributed by atoms with van der Waals surface area (Å²) < 4.78 is 5.44. The summed E-state index contributed by atoms with van der Waals surface area (Å²) in [7, 11) is 0. The van der Waals surface area contributed by atoms with E-state index < -0.39 is 4.92 Å². The topological polar surface area (TPSA) is 81.5 Å². The second kappa shape index (κ2) is 8.46. The predicted octanol–water partition coefficient (Wildman–Crippen LogP) is 4.25. The lowest BCUT2D eigenvalue weighted by molar-refractivity contribution is -0.385. The third kappa shape index (κ3) is 4.71. The lowest BCUT2D eigenvalue weighted by Crippen LogP contribution is -2.33. The van der Waals surface area contributed by atoms with Crippen molar-refractivity contribution in [3.05, 3.63) is 92.2 Å². The minimum atomic E-state index is -0.523. The summed E-state index contributed by atoms with van der Waals surface area (Å²) in [5, 5.41) is 16.0. The molecule has 0 bridgehead atoms. The number of hydrogen-bond donors (Lipinski definition) is 1. The van der Waals surface area contributed by atoms with E-state index >= 15 is 0 Å². The van der Waals surface area contributed by atoms with Gasteiger partial charge in [0.05, 0.1) is 11.0 Å². The molecule has 0 saturated heterocycles. The van der Waals surface area contributed by atoms with Crippen molar-refractivity contribution in [3.8, 4) is 5.75 Å². The van der Waals surface area contributed by atoms with Gasteiger partial charge in [0, 0.05) is 10.9 Å². The molecule has 1 aromatic heterocycles. The molecule has 0 aliphatic rings. The molecule has 27 heavy (non-hydrogen) atoms. The fourth-order valence-electron chi connectivity index (χ4n) is 2.65. The molecule has 0 aliphatic heterocycles. The molecule has 1 unspecified atom stereocenters. The molecule has 2 aromatic carbocycles. The van der Waals surface area contributed by atoms with Crippen LogP contribution in [0, 0.1) is 17.0 Å². The number of carbonyl (C=O) groups is 1. The zero-order chi connectivity index (χ0) is 19.2. The Hall–Kier alpha value is -3.19. The van der Waals surface area contributed by atoms with Crippen molar-refractivity contribution < 1.29 is 14.5 Å². The van der Waals surface area contributed by atoms with E-state index in [9.17, 15) is 14.9 Å². The van der Waals surface area contributed by atoms with Crippen molar-refractivity contribution in [1.82, 2.24) is 5.32 Å². The van der Waals surface area contributed by atoms with Crippen LogP contribution >= 0.6 is 11.3 Å². The first-order chi connectivity index (χ1) is 13.0. The summed E-state index contributed by atoms with van der Waals surface area (Å²) in [5.41, 5.74) is 1.61. The molecular weight excluding hydrogens is 364 g/mol. The van der Waals surface area contributed by atoms with Crippen molar-refractivity contribution in [3.63, 3.8) is 0 Å². The smallest absolute Gasteiger partial charge is 0.310 e. The average Bonchev–Trinajstić information content (AvgIpc) is 3.19. The molecule has 3 rings (SSSR count). The van der Waals surface area contributed by atoms with Crippen LogP contribution in [0.5, 0.6) is 5.75 Å². The average molecular weight is 382 g/mol. The van der Waals surface area contributed by atoms with E-state index in [1.807, 2.05) is 47.8 Å². The fourth-order valence-corrected chi connectivity index (χ4v) is 3.46. The third-order valence-electron chi connectivity index (χ3n) is 3.94. The van der Waals surface area contributed by atoms with Crippen molar-refractivity contribution in [2.24, 2.45) is 0 Å². The van der Waals surface area contributed by atoms with Gasteiger partial charge >= 0.3 is 5.69 Å². The van der Waals surface area contributed by atoms with Gasteiger partial charge in [0.1, 0.15) is 0 Å². The Balaban J connectivity index is 1.73. The number of aryl methyl sites for hydroxylation is 1. The maximum Gasteiger partial charge on any atom is 0.310 e. The summed E-state index contributed by atoms with van der Waals surface area (Å²) in [6, 6.07) is 17.8. The molecule has 1 N–H and O–H groups in total. The second-order valence-corrected chi connectivity index (χ2v) is 6.92. The van der Waals surface area contributed by atoms with Gasteiger partial charge in [-0.05, 0) is 35.6 Å². The van der Waals surface area contributed by atoms with Gasteiger partial charge in [0.15, 0.2) is 12.4 Å². The van der Waals surface area contributed by atoms with Gasteiger partial charge in [-0.15, -0.1) is 11.3 Å². The van der Waals surface area contributed by atoms with Gasteiger partial charge in [0.2, 0.25) is 0 Å². The SMILES string of the molecule is Cc1ccc([N+](=O)[O-])c(OCC(=O)NC(c2ccccc2)c2cccs2)c1. The van der Waals surface area contributed by atoms with E-state index in [0.717, 1.165) is 16.0 Å². The Labute approximate surface area is 160 Å². The Morgan fingerprint density at radius 2 is 1.96 bits per heavy atom. The molecular formula is C20H18N2O4S. The lowest BCUT2D eigenvalue weighted by Gasteiger charge is -2.18. The summed E-state index contributed by atoms with van der Waals surface area (Å²) >= 11 is 1.55. The summed E-state index contributed by atoms with van der Waals surface area (Å²) in [5.74, 6) is -0.268. The Morgan fingerprint density at radius 3 is 2.63 bits per heavy atom. The van der Waals surface area contributed by atoms with Crippen LogP contribution in [0.4, 0.5) is 5.69 Å². The van der Waals surface area contributed by atoms with Crippen molar-refractivity contribution in [2.75, 3.05) is 6.61 Å². The molecule has 7 heteroatoms. The molecule has 0 saturated carbocycles. The molecule has 1 heterocycles. The molecule has 0 fully saturated rings. The number of thiophene rings is 1. The largest absolute Gasteiger partial charge is 0.477 e. The summed E-state index contributed by atoms with van der Waals surface area (Å²) in [6.07, 6.45) is 0. The highest BCUT2D eigenvalue weighted by Gasteiger charge is 2.20. The molecule has 0 aliphatic carbocycles. The molecule has 138 valence electrons. The van der Waals surface area contributed by atoms with Crippen molar-refractivity contribution in [1.29, 1.82) is 0 Å². The Bertz CT molecular complexity index is 926. The van der Waals surface area contributed by atoms with E-state index in [2.05, 4.69) is 5.32 Å². The van der Waals surface area contributed by atoms with Gasteiger partial charge in [0.25, 0.3) is 5.91 Å². The fraction of sp³-hybridized carbons (Fsp3) is 0.150. The van der Waals surface area contributed by atoms with Gasteiger partial charge in [-0.25, -0.2) is 0 Å². The second-order valence-electron chi connectivity index (χ2n) is 5.94. The zero-order valence-electron chi connectivity index (χ0n) is 14.6. The van der Waals surface area contributed by atoms with Crippen LogP contribution in [-0.4, -0.2) is 17.4 Å². The first-order valence-electron chi connectivity index (χ1n) is 8.30. The lowest BCUT2D eigenvalue weighted by atomic mass is 10.1. The van der Waals surface area contributed by atoms with E-state index in [1.165, 1.54) is 6.07 Å². The monoisotopic (exact) mass is 382 g/mol. The van der Waals surface area contributed by atoms with E-state index in [4.69, 9.17) is 4.74 Å². The summed E-state index contributed by atoms with van der Waals surface area (Å²) in [4.78, 5) is 24.1. The maximum absolute atomic E-state index is 12.5. The predicted molar refractivity (Wildman–Crippen MR) is 104 cm³/mol. The minimum Gasteiger partial charge on any atom is -0.477 e. The number of nitrogens with zero attached hydrogens (tertiary/aromatic N) is 1. The number of hydrogen-bond acceptors (Lipinski definition) is 5. The number of nitro groups is 1. The normalized spacial score (nSPS) is 11.6. The number of nitrogens with one attached hydrogen (secondary N) is 1. The molecule has 0 radical (unpaired) electrons. The quantitative estimate of drug-likeness (QED) is 0.489. The molecule has 1 atom stereocenters. The van der Waals surface area contributed by atoms with Crippen molar-refractivity contribution in [2.45, 2.75) is 13.0 Å². The molecule has 1 amide bonds. The summed E-state index contributed by atoms with van der Waals surface area (Å²) in [6.45, 7) is 1.50. The highest BCUT2D eigenvalue weighted by atomic mass is 32.1. The molecule has 0 spiro atoms. The first-order valence-corrected chi connectivity index (χ1v) is 9.18. The van der Waals surface area contributed by atoms with Crippen LogP contribution < -0.4 is 10.1 Å². The van der Waals surface area contributed by atoms with Crippen molar-refractivity contribution >= 4 is 22.9 Å². The van der Waals surface area contributed by atoms with Gasteiger partial charge in [-0.1, -0.05) is 42.5 Å². The number of benzene rings is 2. The Kier molecular flexibility index (Phi) is 5.83.